The molecule has 1 N–H and O–H groups in total. The molecule has 0 amide bonds. The number of piperidine rings is 1. The lowest BCUT2D eigenvalue weighted by atomic mass is 9.99. The topological polar surface area (TPSA) is 15.3 Å². The quantitative estimate of drug-likeness (QED) is 0.855. The molecule has 18 heavy (non-hydrogen) atoms. The van der Waals surface area contributed by atoms with Gasteiger partial charge in [0.15, 0.2) is 0 Å². The maximum atomic E-state index is 3.55. The molecule has 2 rings (SSSR count). The third-order valence-corrected chi connectivity index (χ3v) is 5.07. The molecule has 0 bridgehead atoms. The van der Waals surface area contributed by atoms with Gasteiger partial charge in [-0.25, -0.2) is 0 Å². The van der Waals surface area contributed by atoms with E-state index in [1.165, 1.54) is 54.1 Å². The molecule has 1 fully saturated rings. The summed E-state index contributed by atoms with van der Waals surface area (Å²) in [6.45, 7) is 8.26. The van der Waals surface area contributed by atoms with E-state index in [9.17, 15) is 0 Å². The number of hydrogen-bond acceptors (Lipinski definition) is 3. The molecule has 1 unspecified atom stereocenters. The molecule has 4 heteroatoms. The summed E-state index contributed by atoms with van der Waals surface area (Å²) >= 11 is 5.41. The van der Waals surface area contributed by atoms with Gasteiger partial charge in [0.05, 0.1) is 3.79 Å². The monoisotopic (exact) mass is 330 g/mol. The Bertz CT molecular complexity index is 347. The van der Waals surface area contributed by atoms with E-state index in [0.717, 1.165) is 12.5 Å². The lowest BCUT2D eigenvalue weighted by molar-refractivity contribution is 0.203. The van der Waals surface area contributed by atoms with Crippen LogP contribution in [0.1, 0.15) is 31.1 Å². The Morgan fingerprint density at radius 3 is 3.00 bits per heavy atom. The zero-order chi connectivity index (χ0) is 12.8. The maximum Gasteiger partial charge on any atom is 0.0701 e. The first-order chi connectivity index (χ1) is 8.78. The lowest BCUT2D eigenvalue weighted by Crippen LogP contribution is -2.38. The minimum absolute atomic E-state index is 0.841. The van der Waals surface area contributed by atoms with Gasteiger partial charge in [0.25, 0.3) is 0 Å². The number of halogens is 1. The summed E-state index contributed by atoms with van der Waals surface area (Å²) in [6, 6.07) is 4.41. The van der Waals surface area contributed by atoms with E-state index >= 15 is 0 Å². The Morgan fingerprint density at radius 1 is 1.50 bits per heavy atom. The minimum atomic E-state index is 0.841. The Balaban J connectivity index is 1.86. The van der Waals surface area contributed by atoms with E-state index in [4.69, 9.17) is 0 Å². The molecule has 1 atom stereocenters. The fraction of sp³-hybridized carbons (Fsp3) is 0.714. The van der Waals surface area contributed by atoms with Gasteiger partial charge in [-0.05, 0) is 72.9 Å². The van der Waals surface area contributed by atoms with Crippen LogP contribution in [-0.2, 0) is 6.54 Å². The molecule has 0 spiro atoms. The van der Waals surface area contributed by atoms with Crippen molar-refractivity contribution in [1.29, 1.82) is 0 Å². The smallest absolute Gasteiger partial charge is 0.0701 e. The zero-order valence-electron chi connectivity index (χ0n) is 11.1. The number of thiophene rings is 1. The predicted octanol–water partition coefficient (Wildman–Crippen LogP) is 3.72. The largest absolute Gasteiger partial charge is 0.316 e. The summed E-state index contributed by atoms with van der Waals surface area (Å²) in [6.07, 6.45) is 3.98. The molecule has 0 aliphatic carbocycles. The van der Waals surface area contributed by atoms with Crippen molar-refractivity contribution in [2.45, 2.75) is 32.7 Å². The van der Waals surface area contributed by atoms with Gasteiger partial charge in [-0.15, -0.1) is 11.3 Å². The molecule has 2 nitrogen and oxygen atoms in total. The fourth-order valence-corrected chi connectivity index (χ4v) is 4.18. The van der Waals surface area contributed by atoms with Crippen molar-refractivity contribution in [3.63, 3.8) is 0 Å². The van der Waals surface area contributed by atoms with E-state index in [-0.39, 0.29) is 0 Å². The second-order valence-electron chi connectivity index (χ2n) is 5.15. The van der Waals surface area contributed by atoms with Crippen LogP contribution in [0.15, 0.2) is 15.9 Å². The van der Waals surface area contributed by atoms with Crippen molar-refractivity contribution in [2.24, 2.45) is 5.92 Å². The van der Waals surface area contributed by atoms with Crippen molar-refractivity contribution in [3.8, 4) is 0 Å². The van der Waals surface area contributed by atoms with E-state index in [1.54, 1.807) is 0 Å². The fourth-order valence-electron chi connectivity index (χ4n) is 2.65. The van der Waals surface area contributed by atoms with Gasteiger partial charge < -0.3 is 5.32 Å². The summed E-state index contributed by atoms with van der Waals surface area (Å²) < 4.78 is 1.24. The van der Waals surface area contributed by atoms with Crippen LogP contribution in [0.3, 0.4) is 0 Å². The summed E-state index contributed by atoms with van der Waals surface area (Å²) in [5, 5.41) is 3.52. The lowest BCUT2D eigenvalue weighted by Gasteiger charge is -2.29. The Labute approximate surface area is 123 Å². The van der Waals surface area contributed by atoms with Crippen molar-refractivity contribution >= 4 is 27.3 Å². The summed E-state index contributed by atoms with van der Waals surface area (Å²) in [5.41, 5.74) is 0. The Morgan fingerprint density at radius 2 is 2.39 bits per heavy atom. The normalized spacial score (nSPS) is 20.5. The molecule has 0 radical (unpaired) electrons. The SMILES string of the molecule is CCCN(Cc1ccc(Br)s1)CC1CCCNC1. The standard InChI is InChI=1S/C14H23BrN2S/c1-2-8-17(10-12-4-3-7-16-9-12)11-13-5-6-14(15)18-13/h5-6,12,16H,2-4,7-11H2,1H3. The highest BCUT2D eigenvalue weighted by molar-refractivity contribution is 9.11. The van der Waals surface area contributed by atoms with E-state index in [2.05, 4.69) is 45.2 Å². The van der Waals surface area contributed by atoms with Crippen LogP contribution in [0.25, 0.3) is 0 Å². The van der Waals surface area contributed by atoms with Crippen LogP contribution in [0.2, 0.25) is 0 Å². The highest BCUT2D eigenvalue weighted by Gasteiger charge is 2.17. The second-order valence-corrected chi connectivity index (χ2v) is 7.70. The van der Waals surface area contributed by atoms with Gasteiger partial charge in [0, 0.05) is 18.0 Å². The molecule has 1 aliphatic heterocycles. The number of nitrogens with one attached hydrogen (secondary N) is 1. The molecule has 1 saturated heterocycles. The first kappa shape index (κ1) is 14.5. The van der Waals surface area contributed by atoms with Gasteiger partial charge in [-0.3, -0.25) is 4.90 Å². The van der Waals surface area contributed by atoms with Gasteiger partial charge in [0.1, 0.15) is 0 Å². The molecule has 102 valence electrons. The Kier molecular flexibility index (Phi) is 6.15. The number of nitrogens with zero attached hydrogens (tertiary/aromatic N) is 1. The van der Waals surface area contributed by atoms with Gasteiger partial charge >= 0.3 is 0 Å². The number of hydrogen-bond donors (Lipinski definition) is 1. The van der Waals surface area contributed by atoms with Crippen LogP contribution >= 0.6 is 27.3 Å². The molecule has 2 heterocycles. The van der Waals surface area contributed by atoms with Crippen LogP contribution in [-0.4, -0.2) is 31.1 Å². The Hall–Kier alpha value is 0.1000. The third-order valence-electron chi connectivity index (χ3n) is 3.46. The average molecular weight is 331 g/mol. The minimum Gasteiger partial charge on any atom is -0.316 e. The van der Waals surface area contributed by atoms with Gasteiger partial charge in [-0.1, -0.05) is 6.92 Å². The highest BCUT2D eigenvalue weighted by Crippen LogP contribution is 2.24. The van der Waals surface area contributed by atoms with Crippen molar-refractivity contribution in [2.75, 3.05) is 26.2 Å². The van der Waals surface area contributed by atoms with E-state index in [1.807, 2.05) is 11.3 Å². The van der Waals surface area contributed by atoms with Crippen LogP contribution in [0.5, 0.6) is 0 Å². The van der Waals surface area contributed by atoms with Gasteiger partial charge in [-0.2, -0.15) is 0 Å². The van der Waals surface area contributed by atoms with E-state index in [0.29, 0.717) is 0 Å². The average Bonchev–Trinajstić information content (AvgIpc) is 2.76. The van der Waals surface area contributed by atoms with Crippen LogP contribution in [0, 0.1) is 5.92 Å². The second kappa shape index (κ2) is 7.63. The molecule has 1 aliphatic rings. The molecular weight excluding hydrogens is 308 g/mol. The maximum absolute atomic E-state index is 3.55. The van der Waals surface area contributed by atoms with E-state index < -0.39 is 0 Å². The van der Waals surface area contributed by atoms with Gasteiger partial charge in [0.2, 0.25) is 0 Å². The number of rotatable bonds is 6. The van der Waals surface area contributed by atoms with Crippen molar-refractivity contribution in [3.05, 3.63) is 20.8 Å². The highest BCUT2D eigenvalue weighted by atomic mass is 79.9. The van der Waals surface area contributed by atoms with Crippen LogP contribution in [0.4, 0.5) is 0 Å². The molecule has 1 aromatic rings. The molecule has 0 saturated carbocycles. The third kappa shape index (κ3) is 4.65. The van der Waals surface area contributed by atoms with Crippen molar-refractivity contribution in [1.82, 2.24) is 10.2 Å². The predicted molar refractivity (Wildman–Crippen MR) is 83.2 cm³/mol. The van der Waals surface area contributed by atoms with Crippen molar-refractivity contribution < 1.29 is 0 Å². The van der Waals surface area contributed by atoms with Crippen LogP contribution < -0.4 is 5.32 Å². The molecule has 1 aromatic heterocycles. The molecular formula is C14H23BrN2S. The summed E-state index contributed by atoms with van der Waals surface area (Å²) in [4.78, 5) is 4.09. The first-order valence-corrected chi connectivity index (χ1v) is 8.56. The molecule has 0 aromatic carbocycles. The zero-order valence-corrected chi connectivity index (χ0v) is 13.5. The summed E-state index contributed by atoms with van der Waals surface area (Å²) in [7, 11) is 0. The summed E-state index contributed by atoms with van der Waals surface area (Å²) in [5.74, 6) is 0.841. The first-order valence-electron chi connectivity index (χ1n) is 6.95.